The molecule has 0 spiro atoms. The summed E-state index contributed by atoms with van der Waals surface area (Å²) in [7, 11) is 0. The zero-order chi connectivity index (χ0) is 11.4. The van der Waals surface area contributed by atoms with Crippen molar-refractivity contribution < 1.29 is 13.2 Å². The molecule has 0 amide bonds. The van der Waals surface area contributed by atoms with E-state index in [0.29, 0.717) is 0 Å². The summed E-state index contributed by atoms with van der Waals surface area (Å²) in [5.41, 5.74) is -0.373. The third-order valence-electron chi connectivity index (χ3n) is 1.63. The molecule has 0 aromatic carbocycles. The summed E-state index contributed by atoms with van der Waals surface area (Å²) < 4.78 is 36.8. The SMILES string of the molecule is CC.Cc1ccnc(C)c1C(F)(F)F. The van der Waals surface area contributed by atoms with E-state index in [4.69, 9.17) is 0 Å². The molecule has 1 nitrogen and oxygen atoms in total. The minimum atomic E-state index is -4.29. The van der Waals surface area contributed by atoms with Gasteiger partial charge in [-0.25, -0.2) is 0 Å². The number of hydrogen-bond donors (Lipinski definition) is 0. The molecule has 0 aliphatic rings. The second-order valence-corrected chi connectivity index (χ2v) is 2.59. The lowest BCUT2D eigenvalue weighted by molar-refractivity contribution is -0.138. The molecule has 0 N–H and O–H groups in total. The number of pyridine rings is 1. The van der Waals surface area contributed by atoms with Crippen LogP contribution in [0.4, 0.5) is 13.2 Å². The maximum atomic E-state index is 12.3. The molecule has 0 radical (unpaired) electrons. The van der Waals surface area contributed by atoms with Crippen LogP contribution in [0.2, 0.25) is 0 Å². The number of rotatable bonds is 0. The van der Waals surface area contributed by atoms with Crippen molar-refractivity contribution in [1.82, 2.24) is 4.98 Å². The Morgan fingerprint density at radius 3 is 1.93 bits per heavy atom. The van der Waals surface area contributed by atoms with Gasteiger partial charge in [0.2, 0.25) is 0 Å². The Labute approximate surface area is 82.0 Å². The first-order chi connectivity index (χ1) is 6.43. The normalized spacial score (nSPS) is 10.5. The highest BCUT2D eigenvalue weighted by Gasteiger charge is 2.34. The fourth-order valence-electron chi connectivity index (χ4n) is 1.12. The predicted octanol–water partition coefficient (Wildman–Crippen LogP) is 3.74. The van der Waals surface area contributed by atoms with Gasteiger partial charge in [0.15, 0.2) is 0 Å². The topological polar surface area (TPSA) is 12.9 Å². The fraction of sp³-hybridized carbons (Fsp3) is 0.500. The molecule has 0 saturated heterocycles. The van der Waals surface area contributed by atoms with Crippen molar-refractivity contribution in [3.8, 4) is 0 Å². The molecule has 0 fully saturated rings. The van der Waals surface area contributed by atoms with Gasteiger partial charge in [-0.05, 0) is 25.5 Å². The Hall–Kier alpha value is -1.06. The molecule has 0 aliphatic carbocycles. The Bertz CT molecular complexity index is 272. The Kier molecular flexibility index (Phi) is 4.60. The Morgan fingerprint density at radius 1 is 1.14 bits per heavy atom. The van der Waals surface area contributed by atoms with E-state index in [2.05, 4.69) is 4.98 Å². The molecule has 0 saturated carbocycles. The quantitative estimate of drug-likeness (QED) is 0.628. The lowest BCUT2D eigenvalue weighted by Gasteiger charge is -2.11. The van der Waals surface area contributed by atoms with Crippen LogP contribution in [0.3, 0.4) is 0 Å². The number of halogens is 3. The predicted molar refractivity (Wildman–Crippen MR) is 50.1 cm³/mol. The maximum absolute atomic E-state index is 12.3. The van der Waals surface area contributed by atoms with Crippen molar-refractivity contribution in [2.45, 2.75) is 33.9 Å². The average molecular weight is 205 g/mol. The minimum absolute atomic E-state index is 0.0301. The lowest BCUT2D eigenvalue weighted by atomic mass is 10.1. The van der Waals surface area contributed by atoms with Crippen molar-refractivity contribution in [2.24, 2.45) is 0 Å². The van der Waals surface area contributed by atoms with Crippen LogP contribution in [0, 0.1) is 13.8 Å². The summed E-state index contributed by atoms with van der Waals surface area (Å²) >= 11 is 0. The zero-order valence-corrected chi connectivity index (χ0v) is 8.74. The van der Waals surface area contributed by atoms with Gasteiger partial charge in [0.1, 0.15) is 0 Å². The molecule has 1 aromatic heterocycles. The first-order valence-electron chi connectivity index (χ1n) is 4.42. The molecule has 80 valence electrons. The van der Waals surface area contributed by atoms with Gasteiger partial charge in [0, 0.05) is 11.9 Å². The highest BCUT2D eigenvalue weighted by molar-refractivity contribution is 5.30. The number of alkyl halides is 3. The van der Waals surface area contributed by atoms with Gasteiger partial charge in [-0.1, -0.05) is 13.8 Å². The van der Waals surface area contributed by atoms with Crippen LogP contribution in [0.5, 0.6) is 0 Å². The molecular formula is C10H14F3N. The molecule has 0 unspecified atom stereocenters. The summed E-state index contributed by atoms with van der Waals surface area (Å²) in [6, 6.07) is 1.36. The third kappa shape index (κ3) is 3.01. The zero-order valence-electron chi connectivity index (χ0n) is 8.74. The smallest absolute Gasteiger partial charge is 0.261 e. The van der Waals surface area contributed by atoms with E-state index >= 15 is 0 Å². The van der Waals surface area contributed by atoms with Crippen molar-refractivity contribution in [2.75, 3.05) is 0 Å². The highest BCUT2D eigenvalue weighted by atomic mass is 19.4. The molecule has 0 bridgehead atoms. The monoisotopic (exact) mass is 205 g/mol. The van der Waals surface area contributed by atoms with E-state index in [1.807, 2.05) is 13.8 Å². The van der Waals surface area contributed by atoms with Crippen molar-refractivity contribution in [1.29, 1.82) is 0 Å². The van der Waals surface area contributed by atoms with Crippen LogP contribution >= 0.6 is 0 Å². The van der Waals surface area contributed by atoms with E-state index in [0.717, 1.165) is 0 Å². The third-order valence-corrected chi connectivity index (χ3v) is 1.63. The van der Waals surface area contributed by atoms with Crippen molar-refractivity contribution in [3.63, 3.8) is 0 Å². The second kappa shape index (κ2) is 4.98. The van der Waals surface area contributed by atoms with Crippen LogP contribution in [0.15, 0.2) is 12.3 Å². The fourth-order valence-corrected chi connectivity index (χ4v) is 1.12. The summed E-state index contributed by atoms with van der Waals surface area (Å²) in [5.74, 6) is 0. The summed E-state index contributed by atoms with van der Waals surface area (Å²) in [6.07, 6.45) is -2.91. The van der Waals surface area contributed by atoms with Gasteiger partial charge in [-0.15, -0.1) is 0 Å². The van der Waals surface area contributed by atoms with Gasteiger partial charge in [-0.3, -0.25) is 4.98 Å². The molecule has 0 atom stereocenters. The van der Waals surface area contributed by atoms with Crippen LogP contribution in [0.1, 0.15) is 30.7 Å². The first kappa shape index (κ1) is 12.9. The standard InChI is InChI=1S/C8H8F3N.C2H6/c1-5-3-4-12-6(2)7(5)8(9,10)11;1-2/h3-4H,1-2H3;1-2H3. The number of hydrogen-bond acceptors (Lipinski definition) is 1. The van der Waals surface area contributed by atoms with Crippen molar-refractivity contribution >= 4 is 0 Å². The van der Waals surface area contributed by atoms with E-state index < -0.39 is 11.7 Å². The second-order valence-electron chi connectivity index (χ2n) is 2.59. The van der Waals surface area contributed by atoms with E-state index in [1.165, 1.54) is 26.1 Å². The van der Waals surface area contributed by atoms with Crippen LogP contribution in [0.25, 0.3) is 0 Å². The lowest BCUT2D eigenvalue weighted by Crippen LogP contribution is -2.10. The van der Waals surface area contributed by atoms with Crippen LogP contribution in [-0.2, 0) is 6.18 Å². The number of aryl methyl sites for hydroxylation is 2. The molecule has 1 rings (SSSR count). The Balaban J connectivity index is 0.000000791. The molecule has 4 heteroatoms. The summed E-state index contributed by atoms with van der Waals surface area (Å²) in [5, 5.41) is 0. The highest BCUT2D eigenvalue weighted by Crippen LogP contribution is 2.32. The van der Waals surface area contributed by atoms with Gasteiger partial charge >= 0.3 is 6.18 Å². The maximum Gasteiger partial charge on any atom is 0.418 e. The molecular weight excluding hydrogens is 191 g/mol. The molecule has 14 heavy (non-hydrogen) atoms. The van der Waals surface area contributed by atoms with Crippen LogP contribution in [-0.4, -0.2) is 4.98 Å². The molecule has 1 heterocycles. The molecule has 1 aromatic rings. The van der Waals surface area contributed by atoms with E-state index in [9.17, 15) is 13.2 Å². The van der Waals surface area contributed by atoms with Gasteiger partial charge in [0.25, 0.3) is 0 Å². The van der Waals surface area contributed by atoms with Crippen molar-refractivity contribution in [3.05, 3.63) is 29.1 Å². The largest absolute Gasteiger partial charge is 0.418 e. The molecule has 0 aliphatic heterocycles. The van der Waals surface area contributed by atoms with Gasteiger partial charge < -0.3 is 0 Å². The average Bonchev–Trinajstić information content (AvgIpc) is 2.05. The summed E-state index contributed by atoms with van der Waals surface area (Å²) in [6.45, 7) is 6.79. The number of aromatic nitrogens is 1. The first-order valence-corrected chi connectivity index (χ1v) is 4.42. The Morgan fingerprint density at radius 2 is 1.64 bits per heavy atom. The van der Waals surface area contributed by atoms with Gasteiger partial charge in [0.05, 0.1) is 5.56 Å². The van der Waals surface area contributed by atoms with E-state index in [1.54, 1.807) is 0 Å². The van der Waals surface area contributed by atoms with Gasteiger partial charge in [-0.2, -0.15) is 13.2 Å². The number of nitrogens with zero attached hydrogens (tertiary/aromatic N) is 1. The minimum Gasteiger partial charge on any atom is -0.261 e. The van der Waals surface area contributed by atoms with Crippen LogP contribution < -0.4 is 0 Å². The van der Waals surface area contributed by atoms with E-state index in [-0.39, 0.29) is 11.3 Å². The summed E-state index contributed by atoms with van der Waals surface area (Å²) in [4.78, 5) is 3.59.